The van der Waals surface area contributed by atoms with Crippen LogP contribution in [-0.2, 0) is 11.8 Å². The number of anilines is 1. The zero-order valence-corrected chi connectivity index (χ0v) is 13.4. The van der Waals surface area contributed by atoms with Gasteiger partial charge in [-0.2, -0.15) is 5.10 Å². The molecule has 7 nitrogen and oxygen atoms in total. The zero-order chi connectivity index (χ0) is 16.5. The topological polar surface area (TPSA) is 75.9 Å². The SMILES string of the molecule is Cn1ncc2c(N3CCNC(=O)CC3c3ccccc3)ncnc21. The highest BCUT2D eigenvalue weighted by Crippen LogP contribution is 2.33. The predicted octanol–water partition coefficient (Wildman–Crippen LogP) is 1.43. The average molecular weight is 322 g/mol. The van der Waals surface area contributed by atoms with E-state index in [1.54, 1.807) is 17.2 Å². The number of nitrogens with one attached hydrogen (secondary N) is 1. The quantitative estimate of drug-likeness (QED) is 0.772. The van der Waals surface area contributed by atoms with E-state index in [2.05, 4.69) is 37.4 Å². The smallest absolute Gasteiger partial charge is 0.222 e. The van der Waals surface area contributed by atoms with Crippen molar-refractivity contribution in [2.45, 2.75) is 12.5 Å². The van der Waals surface area contributed by atoms with Gasteiger partial charge in [0, 0.05) is 20.1 Å². The van der Waals surface area contributed by atoms with E-state index in [0.717, 1.165) is 22.4 Å². The minimum absolute atomic E-state index is 0.0582. The first-order valence-corrected chi connectivity index (χ1v) is 7.95. The molecule has 0 bridgehead atoms. The summed E-state index contributed by atoms with van der Waals surface area (Å²) in [5.74, 6) is 0.876. The van der Waals surface area contributed by atoms with Gasteiger partial charge in [-0.25, -0.2) is 9.97 Å². The minimum atomic E-state index is -0.0630. The lowest BCUT2D eigenvalue weighted by Gasteiger charge is -2.30. The molecule has 1 atom stereocenters. The summed E-state index contributed by atoms with van der Waals surface area (Å²) in [6.45, 7) is 1.28. The fraction of sp³-hybridized carbons (Fsp3) is 0.294. The van der Waals surface area contributed by atoms with Crippen LogP contribution in [0.5, 0.6) is 0 Å². The Kier molecular flexibility index (Phi) is 3.60. The molecule has 3 aromatic rings. The van der Waals surface area contributed by atoms with Gasteiger partial charge in [0.1, 0.15) is 12.1 Å². The number of nitrogens with zero attached hydrogens (tertiary/aromatic N) is 5. The van der Waals surface area contributed by atoms with Crippen LogP contribution in [-0.4, -0.2) is 38.7 Å². The molecule has 2 aromatic heterocycles. The van der Waals surface area contributed by atoms with Gasteiger partial charge in [-0.15, -0.1) is 0 Å². The van der Waals surface area contributed by atoms with Gasteiger partial charge in [-0.1, -0.05) is 30.3 Å². The van der Waals surface area contributed by atoms with Crippen LogP contribution in [0.3, 0.4) is 0 Å². The number of carbonyl (C=O) groups excluding carboxylic acids is 1. The van der Waals surface area contributed by atoms with Crippen LogP contribution in [0, 0.1) is 0 Å². The second-order valence-corrected chi connectivity index (χ2v) is 5.88. The molecule has 3 heterocycles. The maximum absolute atomic E-state index is 12.1. The summed E-state index contributed by atoms with van der Waals surface area (Å²) in [6, 6.07) is 10.0. The molecule has 1 unspecified atom stereocenters. The number of carbonyl (C=O) groups is 1. The third-order valence-electron chi connectivity index (χ3n) is 4.39. The van der Waals surface area contributed by atoms with Crippen LogP contribution < -0.4 is 10.2 Å². The van der Waals surface area contributed by atoms with Crippen molar-refractivity contribution in [1.29, 1.82) is 0 Å². The summed E-state index contributed by atoms with van der Waals surface area (Å²) < 4.78 is 1.74. The van der Waals surface area contributed by atoms with Crippen molar-refractivity contribution in [2.75, 3.05) is 18.0 Å². The molecule has 122 valence electrons. The van der Waals surface area contributed by atoms with Crippen molar-refractivity contribution < 1.29 is 4.79 Å². The molecular formula is C17H18N6O. The fourth-order valence-corrected chi connectivity index (χ4v) is 3.23. The summed E-state index contributed by atoms with van der Waals surface area (Å²) in [7, 11) is 1.86. The van der Waals surface area contributed by atoms with Crippen molar-refractivity contribution in [2.24, 2.45) is 7.05 Å². The van der Waals surface area contributed by atoms with E-state index in [1.807, 2.05) is 25.2 Å². The Hall–Kier alpha value is -2.96. The van der Waals surface area contributed by atoms with Crippen LogP contribution in [0.1, 0.15) is 18.0 Å². The molecule has 1 N–H and O–H groups in total. The molecule has 1 aromatic carbocycles. The summed E-state index contributed by atoms with van der Waals surface area (Å²) in [6.07, 6.45) is 3.74. The van der Waals surface area contributed by atoms with Crippen LogP contribution >= 0.6 is 0 Å². The lowest BCUT2D eigenvalue weighted by molar-refractivity contribution is -0.121. The first-order chi connectivity index (χ1) is 11.7. The van der Waals surface area contributed by atoms with Crippen LogP contribution in [0.2, 0.25) is 0 Å². The minimum Gasteiger partial charge on any atom is -0.354 e. The number of aryl methyl sites for hydroxylation is 1. The van der Waals surface area contributed by atoms with Crippen molar-refractivity contribution in [3.63, 3.8) is 0 Å². The molecule has 24 heavy (non-hydrogen) atoms. The lowest BCUT2D eigenvalue weighted by Crippen LogP contribution is -2.31. The molecule has 1 fully saturated rings. The van der Waals surface area contributed by atoms with Crippen molar-refractivity contribution in [1.82, 2.24) is 25.1 Å². The normalized spacial score (nSPS) is 18.5. The van der Waals surface area contributed by atoms with Crippen molar-refractivity contribution in [3.8, 4) is 0 Å². The van der Waals surface area contributed by atoms with Gasteiger partial charge < -0.3 is 10.2 Å². The van der Waals surface area contributed by atoms with E-state index in [1.165, 1.54) is 0 Å². The summed E-state index contributed by atoms with van der Waals surface area (Å²) >= 11 is 0. The molecule has 4 rings (SSSR count). The Balaban J connectivity index is 1.84. The maximum Gasteiger partial charge on any atom is 0.222 e. The van der Waals surface area contributed by atoms with Gasteiger partial charge in [-0.05, 0) is 5.56 Å². The van der Waals surface area contributed by atoms with Crippen LogP contribution in [0.4, 0.5) is 5.82 Å². The van der Waals surface area contributed by atoms with E-state index in [9.17, 15) is 4.79 Å². The molecule has 0 spiro atoms. The number of amides is 1. The Bertz CT molecular complexity index is 875. The Morgan fingerprint density at radius 2 is 2.04 bits per heavy atom. The highest BCUT2D eigenvalue weighted by molar-refractivity contribution is 5.87. The Morgan fingerprint density at radius 3 is 2.88 bits per heavy atom. The van der Waals surface area contributed by atoms with Crippen LogP contribution in [0.25, 0.3) is 11.0 Å². The monoisotopic (exact) mass is 322 g/mol. The Morgan fingerprint density at radius 1 is 1.21 bits per heavy atom. The van der Waals surface area contributed by atoms with Gasteiger partial charge >= 0.3 is 0 Å². The number of hydrogen-bond acceptors (Lipinski definition) is 5. The van der Waals surface area contributed by atoms with Gasteiger partial charge in [0.05, 0.1) is 24.0 Å². The predicted molar refractivity (Wildman–Crippen MR) is 90.5 cm³/mol. The molecule has 1 amide bonds. The van der Waals surface area contributed by atoms with E-state index >= 15 is 0 Å². The molecule has 0 radical (unpaired) electrons. The highest BCUT2D eigenvalue weighted by atomic mass is 16.1. The number of rotatable bonds is 2. The molecule has 0 saturated carbocycles. The standard InChI is InChI=1S/C17H18N6O/c1-22-16-13(10-21-22)17(20-11-19-16)23-8-7-18-15(24)9-14(23)12-5-3-2-4-6-12/h2-6,10-11,14H,7-9H2,1H3,(H,18,24). The molecule has 1 aliphatic heterocycles. The third kappa shape index (κ3) is 2.47. The summed E-state index contributed by atoms with van der Waals surface area (Å²) in [4.78, 5) is 23.1. The van der Waals surface area contributed by atoms with Crippen molar-refractivity contribution in [3.05, 3.63) is 48.4 Å². The van der Waals surface area contributed by atoms with Crippen LogP contribution in [0.15, 0.2) is 42.9 Å². The van der Waals surface area contributed by atoms with E-state index in [0.29, 0.717) is 19.5 Å². The second kappa shape index (κ2) is 5.92. The molecule has 0 aliphatic carbocycles. The number of fused-ring (bicyclic) bond motifs is 1. The first kappa shape index (κ1) is 14.6. The maximum atomic E-state index is 12.1. The first-order valence-electron chi connectivity index (χ1n) is 7.95. The number of benzene rings is 1. The average Bonchev–Trinajstić information content (AvgIpc) is 2.88. The van der Waals surface area contributed by atoms with Gasteiger partial charge in [0.15, 0.2) is 5.65 Å². The van der Waals surface area contributed by atoms with E-state index < -0.39 is 0 Å². The van der Waals surface area contributed by atoms with Crippen molar-refractivity contribution >= 4 is 22.8 Å². The molecular weight excluding hydrogens is 304 g/mol. The highest BCUT2D eigenvalue weighted by Gasteiger charge is 2.28. The summed E-state index contributed by atoms with van der Waals surface area (Å²) in [5.41, 5.74) is 1.89. The third-order valence-corrected chi connectivity index (χ3v) is 4.39. The lowest BCUT2D eigenvalue weighted by atomic mass is 10.0. The van der Waals surface area contributed by atoms with Gasteiger partial charge in [-0.3, -0.25) is 9.48 Å². The van der Waals surface area contributed by atoms with Gasteiger partial charge in [0.2, 0.25) is 5.91 Å². The number of aromatic nitrogens is 4. The largest absolute Gasteiger partial charge is 0.354 e. The van der Waals surface area contributed by atoms with E-state index in [-0.39, 0.29) is 11.9 Å². The molecule has 1 saturated heterocycles. The zero-order valence-electron chi connectivity index (χ0n) is 13.4. The van der Waals surface area contributed by atoms with E-state index in [4.69, 9.17) is 0 Å². The second-order valence-electron chi connectivity index (χ2n) is 5.88. The molecule has 7 heteroatoms. The fourth-order valence-electron chi connectivity index (χ4n) is 3.23. The molecule has 1 aliphatic rings. The summed E-state index contributed by atoms with van der Waals surface area (Å²) in [5, 5.41) is 8.14. The number of hydrogen-bond donors (Lipinski definition) is 1. The Labute approximate surface area is 139 Å². The van der Waals surface area contributed by atoms with Gasteiger partial charge in [0.25, 0.3) is 0 Å².